The van der Waals surface area contributed by atoms with Crippen LogP contribution < -0.4 is 10.9 Å². The van der Waals surface area contributed by atoms with E-state index in [9.17, 15) is 14.4 Å². The second-order valence-corrected chi connectivity index (χ2v) is 6.05. The molecule has 6 nitrogen and oxygen atoms in total. The van der Waals surface area contributed by atoms with Crippen molar-refractivity contribution in [1.29, 1.82) is 0 Å². The number of rotatable bonds is 3. The van der Waals surface area contributed by atoms with Gasteiger partial charge in [-0.05, 0) is 6.42 Å². The standard InChI is InChI=1S/C15H13N3O3S/c19-12-7-6-11(14(21)17-12)22-15-16-10(8-13(20)18-15)9-4-2-1-3-5-9/h1-5,8,11H,6-7H2,(H,16,18,20)(H,17,19,21). The summed E-state index contributed by atoms with van der Waals surface area (Å²) in [6, 6.07) is 10.8. The average molecular weight is 315 g/mol. The molecule has 3 rings (SSSR count). The monoisotopic (exact) mass is 315 g/mol. The van der Waals surface area contributed by atoms with Crippen LogP contribution >= 0.6 is 11.8 Å². The minimum Gasteiger partial charge on any atom is -0.301 e. The summed E-state index contributed by atoms with van der Waals surface area (Å²) in [7, 11) is 0. The molecular formula is C15H13N3O3S. The molecule has 0 saturated carbocycles. The summed E-state index contributed by atoms with van der Waals surface area (Å²) >= 11 is 1.17. The molecule has 112 valence electrons. The zero-order valence-corrected chi connectivity index (χ0v) is 12.4. The van der Waals surface area contributed by atoms with Gasteiger partial charge in [0.15, 0.2) is 5.16 Å². The van der Waals surface area contributed by atoms with Gasteiger partial charge in [0.2, 0.25) is 11.8 Å². The van der Waals surface area contributed by atoms with E-state index in [1.807, 2.05) is 30.3 Å². The molecule has 0 aliphatic carbocycles. The Morgan fingerprint density at radius 1 is 1.14 bits per heavy atom. The summed E-state index contributed by atoms with van der Waals surface area (Å²) in [6.45, 7) is 0. The lowest BCUT2D eigenvalue weighted by atomic mass is 10.1. The van der Waals surface area contributed by atoms with E-state index < -0.39 is 5.25 Å². The van der Waals surface area contributed by atoms with Crippen LogP contribution in [0, 0.1) is 0 Å². The van der Waals surface area contributed by atoms with Crippen LogP contribution in [0.1, 0.15) is 12.8 Å². The predicted molar refractivity (Wildman–Crippen MR) is 82.3 cm³/mol. The van der Waals surface area contributed by atoms with E-state index in [4.69, 9.17) is 0 Å². The highest BCUT2D eigenvalue weighted by molar-refractivity contribution is 8.00. The van der Waals surface area contributed by atoms with Crippen molar-refractivity contribution in [3.05, 3.63) is 46.8 Å². The summed E-state index contributed by atoms with van der Waals surface area (Å²) < 4.78 is 0. The molecule has 0 bridgehead atoms. The topological polar surface area (TPSA) is 91.9 Å². The normalized spacial score (nSPS) is 18.1. The molecular weight excluding hydrogens is 302 g/mol. The largest absolute Gasteiger partial charge is 0.301 e. The minimum atomic E-state index is -0.424. The van der Waals surface area contributed by atoms with E-state index in [-0.39, 0.29) is 17.4 Å². The maximum absolute atomic E-state index is 11.8. The number of nitrogens with zero attached hydrogens (tertiary/aromatic N) is 1. The second kappa shape index (κ2) is 6.15. The third kappa shape index (κ3) is 3.25. The van der Waals surface area contributed by atoms with Crippen molar-refractivity contribution < 1.29 is 9.59 Å². The van der Waals surface area contributed by atoms with Crippen molar-refractivity contribution in [3.8, 4) is 11.3 Å². The Labute approximate surface area is 130 Å². The van der Waals surface area contributed by atoms with Crippen molar-refractivity contribution in [2.45, 2.75) is 23.2 Å². The number of piperidine rings is 1. The fourth-order valence-electron chi connectivity index (χ4n) is 2.17. The zero-order valence-electron chi connectivity index (χ0n) is 11.5. The summed E-state index contributed by atoms with van der Waals surface area (Å²) in [4.78, 5) is 41.7. The van der Waals surface area contributed by atoms with Crippen LogP contribution in [0.3, 0.4) is 0 Å². The predicted octanol–water partition coefficient (Wildman–Crippen LogP) is 1.33. The number of hydrogen-bond acceptors (Lipinski definition) is 5. The summed E-state index contributed by atoms with van der Waals surface area (Å²) in [6.07, 6.45) is 0.737. The molecule has 1 fully saturated rings. The number of carbonyl (C=O) groups excluding carboxylic acids is 2. The third-order valence-corrected chi connectivity index (χ3v) is 4.38. The molecule has 1 aliphatic heterocycles. The van der Waals surface area contributed by atoms with Crippen LogP contribution in [-0.2, 0) is 9.59 Å². The molecule has 2 heterocycles. The molecule has 22 heavy (non-hydrogen) atoms. The SMILES string of the molecule is O=C1CCC(Sc2nc(-c3ccccc3)cc(=O)[nH]2)C(=O)N1. The number of amides is 2. The lowest BCUT2D eigenvalue weighted by molar-refractivity contribution is -0.132. The molecule has 1 aromatic heterocycles. The van der Waals surface area contributed by atoms with Gasteiger partial charge in [0, 0.05) is 18.1 Å². The molecule has 0 radical (unpaired) electrons. The summed E-state index contributed by atoms with van der Waals surface area (Å²) in [5.41, 5.74) is 1.11. The summed E-state index contributed by atoms with van der Waals surface area (Å²) in [5.74, 6) is -0.602. The Morgan fingerprint density at radius 3 is 2.64 bits per heavy atom. The van der Waals surface area contributed by atoms with E-state index in [0.717, 1.165) is 5.56 Å². The van der Waals surface area contributed by atoms with Gasteiger partial charge in [-0.2, -0.15) is 0 Å². The van der Waals surface area contributed by atoms with E-state index in [2.05, 4.69) is 15.3 Å². The lowest BCUT2D eigenvalue weighted by Gasteiger charge is -2.19. The third-order valence-electron chi connectivity index (χ3n) is 3.23. The van der Waals surface area contributed by atoms with Gasteiger partial charge in [0.1, 0.15) is 0 Å². The van der Waals surface area contributed by atoms with Crippen LogP contribution in [0.5, 0.6) is 0 Å². The molecule has 1 saturated heterocycles. The molecule has 1 unspecified atom stereocenters. The number of aromatic nitrogens is 2. The van der Waals surface area contributed by atoms with Crippen molar-refractivity contribution in [1.82, 2.24) is 15.3 Å². The Kier molecular flexibility index (Phi) is 4.06. The highest BCUT2D eigenvalue weighted by atomic mass is 32.2. The zero-order chi connectivity index (χ0) is 15.5. The molecule has 1 aromatic carbocycles. The van der Waals surface area contributed by atoms with Crippen LogP contribution in [0.25, 0.3) is 11.3 Å². The van der Waals surface area contributed by atoms with Crippen LogP contribution in [0.4, 0.5) is 0 Å². The Hall–Kier alpha value is -2.41. The maximum Gasteiger partial charge on any atom is 0.252 e. The summed E-state index contributed by atoms with van der Waals surface area (Å²) in [5, 5.41) is 2.24. The lowest BCUT2D eigenvalue weighted by Crippen LogP contribution is -2.42. The quantitative estimate of drug-likeness (QED) is 0.658. The fourth-order valence-corrected chi connectivity index (χ4v) is 3.15. The van der Waals surface area contributed by atoms with Gasteiger partial charge in [0.05, 0.1) is 10.9 Å². The molecule has 2 amide bonds. The van der Waals surface area contributed by atoms with E-state index in [1.165, 1.54) is 17.8 Å². The molecule has 1 aliphatic rings. The van der Waals surface area contributed by atoms with Crippen molar-refractivity contribution in [2.75, 3.05) is 0 Å². The molecule has 2 N–H and O–H groups in total. The molecule has 7 heteroatoms. The second-order valence-electron chi connectivity index (χ2n) is 4.86. The van der Waals surface area contributed by atoms with Gasteiger partial charge in [-0.1, -0.05) is 42.1 Å². The van der Waals surface area contributed by atoms with Crippen molar-refractivity contribution in [2.24, 2.45) is 0 Å². The fraction of sp³-hybridized carbons (Fsp3) is 0.200. The first-order chi connectivity index (χ1) is 10.6. The van der Waals surface area contributed by atoms with Crippen molar-refractivity contribution >= 4 is 23.6 Å². The Bertz CT molecular complexity index is 773. The first-order valence-electron chi connectivity index (χ1n) is 6.79. The van der Waals surface area contributed by atoms with Gasteiger partial charge >= 0.3 is 0 Å². The minimum absolute atomic E-state index is 0.263. The number of carbonyl (C=O) groups is 2. The Morgan fingerprint density at radius 2 is 1.91 bits per heavy atom. The number of benzene rings is 1. The number of nitrogens with one attached hydrogen (secondary N) is 2. The van der Waals surface area contributed by atoms with Crippen molar-refractivity contribution in [3.63, 3.8) is 0 Å². The number of imide groups is 1. The molecule has 2 aromatic rings. The van der Waals surface area contributed by atoms with Crippen LogP contribution in [0.2, 0.25) is 0 Å². The number of thioether (sulfide) groups is 1. The average Bonchev–Trinajstić information content (AvgIpc) is 2.50. The smallest absolute Gasteiger partial charge is 0.252 e. The van der Waals surface area contributed by atoms with E-state index >= 15 is 0 Å². The van der Waals surface area contributed by atoms with Crippen LogP contribution in [-0.4, -0.2) is 27.0 Å². The maximum atomic E-state index is 11.8. The highest BCUT2D eigenvalue weighted by Crippen LogP contribution is 2.26. The molecule has 1 atom stereocenters. The highest BCUT2D eigenvalue weighted by Gasteiger charge is 2.28. The molecule has 0 spiro atoms. The van der Waals surface area contributed by atoms with E-state index in [1.54, 1.807) is 0 Å². The number of aromatic amines is 1. The van der Waals surface area contributed by atoms with Gasteiger partial charge < -0.3 is 4.98 Å². The van der Waals surface area contributed by atoms with Gasteiger partial charge in [-0.3, -0.25) is 19.7 Å². The Balaban J connectivity index is 1.86. The van der Waals surface area contributed by atoms with Crippen LogP contribution in [0.15, 0.2) is 46.3 Å². The van der Waals surface area contributed by atoms with Gasteiger partial charge in [-0.15, -0.1) is 0 Å². The number of hydrogen-bond donors (Lipinski definition) is 2. The number of H-pyrrole nitrogens is 1. The van der Waals surface area contributed by atoms with Gasteiger partial charge in [0.25, 0.3) is 5.56 Å². The first kappa shape index (κ1) is 14.5. The first-order valence-corrected chi connectivity index (χ1v) is 7.67. The van der Waals surface area contributed by atoms with E-state index in [0.29, 0.717) is 23.7 Å². The van der Waals surface area contributed by atoms with Gasteiger partial charge in [-0.25, -0.2) is 4.98 Å².